The van der Waals surface area contributed by atoms with E-state index < -0.39 is 36.3 Å². The van der Waals surface area contributed by atoms with Gasteiger partial charge in [0.15, 0.2) is 4.08 Å². The van der Waals surface area contributed by atoms with E-state index in [9.17, 15) is 25.9 Å². The van der Waals surface area contributed by atoms with Crippen molar-refractivity contribution in [3.05, 3.63) is 136 Å². The number of allylic oxidation sites excluding steroid dienone is 2. The zero-order valence-electron chi connectivity index (χ0n) is 23.2. The van der Waals surface area contributed by atoms with Crippen molar-refractivity contribution >= 4 is 26.3 Å². The molecule has 2 aliphatic heterocycles. The van der Waals surface area contributed by atoms with Crippen molar-refractivity contribution in [2.24, 2.45) is 5.92 Å². The number of fused-ring (bicyclic) bond motifs is 2. The second-order valence-electron chi connectivity index (χ2n) is 10.2. The normalized spacial score (nSPS) is 22.5. The molecule has 0 fully saturated rings. The Balaban J connectivity index is 0.00000202. The Bertz CT molecular complexity index is 1760. The van der Waals surface area contributed by atoms with Gasteiger partial charge in [0.2, 0.25) is 0 Å². The van der Waals surface area contributed by atoms with Gasteiger partial charge in [0.25, 0.3) is 0 Å². The molecule has 3 atom stereocenters. The molecule has 0 amide bonds. The SMILES string of the molecule is O=S(=O)([O-])C1(S(=O)(=O)[O-])C=C(C2NCc3ccccc32)C=CC1C=Cc1ccc(C2NCc3ccccc32)cc1.[Na+].[Na+]. The molecule has 42 heavy (non-hydrogen) atoms. The standard InChI is InChI=1S/C30H28N2O6S2.2Na/c33-39(34,35)30(40(36,37)38)17-22(29-27-8-4-2-6-24(27)19-32-29)14-16-25(30)15-11-20-9-12-21(13-10-20)28-26-7-3-1-5-23(26)18-31-28;;/h1-17,25,28-29,31-32H,18-19H2,(H,33,34,35)(H,36,37,38);;/q;2*+1/p-2. The van der Waals surface area contributed by atoms with E-state index in [1.165, 1.54) is 29.4 Å². The van der Waals surface area contributed by atoms with Gasteiger partial charge in [-0.3, -0.25) is 0 Å². The van der Waals surface area contributed by atoms with E-state index in [1.807, 2.05) is 60.7 Å². The number of rotatable bonds is 6. The van der Waals surface area contributed by atoms with Gasteiger partial charge < -0.3 is 19.7 Å². The van der Waals surface area contributed by atoms with Crippen LogP contribution in [0.15, 0.2) is 103 Å². The van der Waals surface area contributed by atoms with Crippen molar-refractivity contribution < 1.29 is 85.1 Å². The van der Waals surface area contributed by atoms with Gasteiger partial charge in [-0.05, 0) is 45.0 Å². The monoisotopic (exact) mass is 620 g/mol. The van der Waals surface area contributed by atoms with Crippen molar-refractivity contribution in [3.8, 4) is 0 Å². The molecule has 0 saturated carbocycles. The van der Waals surface area contributed by atoms with Crippen LogP contribution in [0.3, 0.4) is 0 Å². The number of hydrogen-bond acceptors (Lipinski definition) is 8. The molecule has 2 N–H and O–H groups in total. The Kier molecular flexibility index (Phi) is 10.3. The van der Waals surface area contributed by atoms with Gasteiger partial charge in [0, 0.05) is 19.0 Å². The van der Waals surface area contributed by atoms with Crippen molar-refractivity contribution in [1.82, 2.24) is 10.6 Å². The number of benzene rings is 3. The molecule has 0 radical (unpaired) electrons. The van der Waals surface area contributed by atoms with Gasteiger partial charge in [-0.1, -0.05) is 97.1 Å². The molecular weight excluding hydrogens is 594 g/mol. The third-order valence-electron chi connectivity index (χ3n) is 7.93. The molecular formula is C30H26N2Na2O6S2. The molecule has 6 rings (SSSR count). The van der Waals surface area contributed by atoms with E-state index in [1.54, 1.807) is 6.08 Å². The van der Waals surface area contributed by atoms with Crippen molar-refractivity contribution in [2.75, 3.05) is 0 Å². The maximum absolute atomic E-state index is 12.6. The summed E-state index contributed by atoms with van der Waals surface area (Å²) in [5.41, 5.74) is 6.16. The molecule has 12 heteroatoms. The first kappa shape index (κ1) is 33.5. The summed E-state index contributed by atoms with van der Waals surface area (Å²) in [5, 5.41) is 6.68. The van der Waals surface area contributed by atoms with Crippen LogP contribution in [0.25, 0.3) is 6.08 Å². The van der Waals surface area contributed by atoms with Crippen LogP contribution in [0.2, 0.25) is 0 Å². The van der Waals surface area contributed by atoms with Gasteiger partial charge in [-0.25, -0.2) is 16.8 Å². The molecule has 2 heterocycles. The van der Waals surface area contributed by atoms with Crippen molar-refractivity contribution in [3.63, 3.8) is 0 Å². The van der Waals surface area contributed by atoms with E-state index in [0.29, 0.717) is 12.1 Å². The molecule has 0 aromatic heterocycles. The molecule has 0 bridgehead atoms. The Morgan fingerprint density at radius 1 is 0.738 bits per heavy atom. The van der Waals surface area contributed by atoms with Crippen LogP contribution < -0.4 is 69.7 Å². The second-order valence-corrected chi connectivity index (χ2v) is 13.6. The summed E-state index contributed by atoms with van der Waals surface area (Å²) in [6.45, 7) is 1.25. The topological polar surface area (TPSA) is 138 Å². The first-order valence-electron chi connectivity index (χ1n) is 12.8. The fraction of sp³-hybridized carbons (Fsp3) is 0.200. The Morgan fingerprint density at radius 2 is 1.26 bits per heavy atom. The smallest absolute Gasteiger partial charge is 0.746 e. The van der Waals surface area contributed by atoms with E-state index >= 15 is 0 Å². The summed E-state index contributed by atoms with van der Waals surface area (Å²) in [6.07, 6.45) is 6.55. The minimum absolute atomic E-state index is 0. The molecule has 0 spiro atoms. The average molecular weight is 621 g/mol. The minimum atomic E-state index is -5.65. The van der Waals surface area contributed by atoms with E-state index in [-0.39, 0.29) is 70.7 Å². The number of nitrogens with one attached hydrogen (secondary N) is 2. The van der Waals surface area contributed by atoms with Crippen LogP contribution in [0.1, 0.15) is 45.5 Å². The second kappa shape index (κ2) is 12.9. The minimum Gasteiger partial charge on any atom is -0.746 e. The van der Waals surface area contributed by atoms with Crippen molar-refractivity contribution in [1.29, 1.82) is 0 Å². The van der Waals surface area contributed by atoms with Crippen LogP contribution in [0, 0.1) is 5.92 Å². The Hall–Kier alpha value is -1.38. The first-order chi connectivity index (χ1) is 19.1. The van der Waals surface area contributed by atoms with Gasteiger partial charge in [0.1, 0.15) is 20.2 Å². The Morgan fingerprint density at radius 3 is 1.83 bits per heavy atom. The maximum Gasteiger partial charge on any atom is 1.00 e. The van der Waals surface area contributed by atoms with Crippen LogP contribution >= 0.6 is 0 Å². The third-order valence-corrected chi connectivity index (χ3v) is 11.5. The van der Waals surface area contributed by atoms with Crippen LogP contribution in [0.4, 0.5) is 0 Å². The molecule has 8 nitrogen and oxygen atoms in total. The van der Waals surface area contributed by atoms with Gasteiger partial charge in [-0.15, -0.1) is 0 Å². The molecule has 206 valence electrons. The molecule has 3 unspecified atom stereocenters. The average Bonchev–Trinajstić information content (AvgIpc) is 3.56. The predicted molar refractivity (Wildman–Crippen MR) is 149 cm³/mol. The zero-order valence-corrected chi connectivity index (χ0v) is 28.9. The molecule has 3 aromatic rings. The van der Waals surface area contributed by atoms with Gasteiger partial charge in [-0.2, -0.15) is 0 Å². The van der Waals surface area contributed by atoms with Crippen molar-refractivity contribution in [2.45, 2.75) is 29.3 Å². The molecule has 3 aliphatic rings. The largest absolute Gasteiger partial charge is 1.00 e. The van der Waals surface area contributed by atoms with Gasteiger partial charge in [0.05, 0.1) is 12.1 Å². The van der Waals surface area contributed by atoms with E-state index in [2.05, 4.69) is 22.8 Å². The summed E-state index contributed by atoms with van der Waals surface area (Å²) in [4.78, 5) is 0. The predicted octanol–water partition coefficient (Wildman–Crippen LogP) is -2.36. The molecule has 1 aliphatic carbocycles. The van der Waals surface area contributed by atoms with Crippen LogP contribution in [0.5, 0.6) is 0 Å². The quantitative estimate of drug-likeness (QED) is 0.231. The number of hydrogen-bond donors (Lipinski definition) is 2. The fourth-order valence-electron chi connectivity index (χ4n) is 5.91. The Labute approximate surface area is 290 Å². The van der Waals surface area contributed by atoms with E-state index in [4.69, 9.17) is 0 Å². The summed E-state index contributed by atoms with van der Waals surface area (Å²) >= 11 is 0. The zero-order chi connectivity index (χ0) is 28.1. The van der Waals surface area contributed by atoms with Crippen LogP contribution in [-0.2, 0) is 33.3 Å². The van der Waals surface area contributed by atoms with Gasteiger partial charge >= 0.3 is 59.1 Å². The summed E-state index contributed by atoms with van der Waals surface area (Å²) in [6, 6.07) is 22.6. The summed E-state index contributed by atoms with van der Waals surface area (Å²) < 4.78 is 72.4. The first-order valence-corrected chi connectivity index (χ1v) is 15.6. The summed E-state index contributed by atoms with van der Waals surface area (Å²) in [5.74, 6) is -1.51. The maximum atomic E-state index is 12.6. The summed E-state index contributed by atoms with van der Waals surface area (Å²) in [7, 11) is -11.3. The van der Waals surface area contributed by atoms with E-state index in [0.717, 1.165) is 29.3 Å². The van der Waals surface area contributed by atoms with Crippen LogP contribution in [-0.4, -0.2) is 30.0 Å². The third kappa shape index (κ3) is 5.98. The molecule has 3 aromatic carbocycles. The fourth-order valence-corrected chi connectivity index (χ4v) is 8.45. The molecule has 0 saturated heterocycles.